The van der Waals surface area contributed by atoms with E-state index in [1.165, 1.54) is 11.3 Å². The van der Waals surface area contributed by atoms with Crippen LogP contribution in [0.4, 0.5) is 5.69 Å². The van der Waals surface area contributed by atoms with Crippen molar-refractivity contribution in [2.45, 2.75) is 24.7 Å². The van der Waals surface area contributed by atoms with E-state index in [4.69, 9.17) is 16.3 Å². The zero-order valence-corrected chi connectivity index (χ0v) is 19.4. The molecule has 0 fully saturated rings. The first-order valence-electron chi connectivity index (χ1n) is 9.48. The lowest BCUT2D eigenvalue weighted by Gasteiger charge is -2.10. The maximum atomic E-state index is 12.7. The van der Waals surface area contributed by atoms with Gasteiger partial charge in [-0.05, 0) is 42.8 Å². The summed E-state index contributed by atoms with van der Waals surface area (Å²) in [4.78, 5) is 5.54. The standard InChI is InChI=1S/C21H24ClN3O3S2/c1-4-5-12-23-30(26,27)20-13-15(6-11-18(20)22)19-14-29-21(25(19)2)24-16-7-9-17(28-3)10-8-16/h6-11,13-14,23H,4-5,12H2,1-3H3. The second-order valence-corrected chi connectivity index (χ2v) is 9.65. The largest absolute Gasteiger partial charge is 0.497 e. The number of nitrogens with one attached hydrogen (secondary N) is 1. The van der Waals surface area contributed by atoms with Crippen molar-refractivity contribution >= 4 is 38.6 Å². The third kappa shape index (κ3) is 5.13. The molecule has 0 aliphatic carbocycles. The van der Waals surface area contributed by atoms with Crippen molar-refractivity contribution in [1.82, 2.24) is 9.29 Å². The van der Waals surface area contributed by atoms with E-state index in [-0.39, 0.29) is 9.92 Å². The molecule has 1 heterocycles. The normalized spacial score (nSPS) is 12.3. The summed E-state index contributed by atoms with van der Waals surface area (Å²) in [6.45, 7) is 2.39. The Labute approximate surface area is 185 Å². The van der Waals surface area contributed by atoms with Crippen molar-refractivity contribution in [3.05, 3.63) is 57.7 Å². The number of rotatable bonds is 8. The second-order valence-electron chi connectivity index (χ2n) is 6.67. The number of hydrogen-bond acceptors (Lipinski definition) is 5. The van der Waals surface area contributed by atoms with Crippen LogP contribution < -0.4 is 14.3 Å². The smallest absolute Gasteiger partial charge is 0.242 e. The van der Waals surface area contributed by atoms with E-state index in [0.29, 0.717) is 6.54 Å². The fraction of sp³-hybridized carbons (Fsp3) is 0.286. The van der Waals surface area contributed by atoms with Crippen LogP contribution in [0.15, 0.2) is 57.7 Å². The predicted molar refractivity (Wildman–Crippen MR) is 122 cm³/mol. The number of thiazole rings is 1. The van der Waals surface area contributed by atoms with Gasteiger partial charge >= 0.3 is 0 Å². The number of ether oxygens (including phenoxy) is 1. The van der Waals surface area contributed by atoms with Gasteiger partial charge in [-0.15, -0.1) is 11.3 Å². The summed E-state index contributed by atoms with van der Waals surface area (Å²) in [5.74, 6) is 0.771. The van der Waals surface area contributed by atoms with E-state index in [9.17, 15) is 8.42 Å². The highest BCUT2D eigenvalue weighted by atomic mass is 35.5. The number of aromatic nitrogens is 1. The molecule has 30 heavy (non-hydrogen) atoms. The Hall–Kier alpha value is -2.13. The molecule has 3 aromatic rings. The van der Waals surface area contributed by atoms with E-state index in [1.54, 1.807) is 19.2 Å². The molecular weight excluding hydrogens is 442 g/mol. The van der Waals surface area contributed by atoms with Crippen molar-refractivity contribution in [3.63, 3.8) is 0 Å². The van der Waals surface area contributed by atoms with E-state index >= 15 is 0 Å². The second kappa shape index (κ2) is 9.78. The van der Waals surface area contributed by atoms with Gasteiger partial charge in [0.2, 0.25) is 10.0 Å². The third-order valence-electron chi connectivity index (χ3n) is 4.56. The Morgan fingerprint density at radius 1 is 1.20 bits per heavy atom. The number of sulfonamides is 1. The Bertz CT molecular complexity index is 1180. The van der Waals surface area contributed by atoms with Gasteiger partial charge in [0.15, 0.2) is 4.80 Å². The van der Waals surface area contributed by atoms with Crippen molar-refractivity contribution in [1.29, 1.82) is 0 Å². The molecule has 0 aliphatic rings. The highest BCUT2D eigenvalue weighted by Crippen LogP contribution is 2.28. The zero-order valence-electron chi connectivity index (χ0n) is 17.1. The molecule has 0 saturated carbocycles. The van der Waals surface area contributed by atoms with Gasteiger partial charge in [0.25, 0.3) is 0 Å². The van der Waals surface area contributed by atoms with Crippen molar-refractivity contribution in [2.24, 2.45) is 12.0 Å². The number of methoxy groups -OCH3 is 1. The van der Waals surface area contributed by atoms with Crippen LogP contribution in [0.25, 0.3) is 11.3 Å². The van der Waals surface area contributed by atoms with Gasteiger partial charge in [-0.2, -0.15) is 0 Å². The van der Waals surface area contributed by atoms with Gasteiger partial charge in [0.05, 0.1) is 23.5 Å². The van der Waals surface area contributed by atoms with E-state index < -0.39 is 10.0 Å². The summed E-state index contributed by atoms with van der Waals surface area (Å²) in [5, 5.41) is 2.15. The molecule has 9 heteroatoms. The average Bonchev–Trinajstić information content (AvgIpc) is 3.09. The zero-order chi connectivity index (χ0) is 21.7. The molecule has 1 aromatic heterocycles. The Kier molecular flexibility index (Phi) is 7.36. The Morgan fingerprint density at radius 3 is 2.60 bits per heavy atom. The third-order valence-corrected chi connectivity index (χ3v) is 7.42. The van der Waals surface area contributed by atoms with Crippen LogP contribution in [-0.4, -0.2) is 26.6 Å². The molecule has 6 nitrogen and oxygen atoms in total. The van der Waals surface area contributed by atoms with Gasteiger partial charge in [-0.25, -0.2) is 18.1 Å². The lowest BCUT2D eigenvalue weighted by molar-refractivity contribution is 0.415. The van der Waals surface area contributed by atoms with Gasteiger partial charge in [0.1, 0.15) is 10.6 Å². The first kappa shape index (κ1) is 22.6. The van der Waals surface area contributed by atoms with Crippen LogP contribution in [0.5, 0.6) is 5.75 Å². The average molecular weight is 466 g/mol. The number of benzene rings is 2. The van der Waals surface area contributed by atoms with E-state index in [0.717, 1.165) is 40.3 Å². The van der Waals surface area contributed by atoms with Crippen molar-refractivity contribution < 1.29 is 13.2 Å². The van der Waals surface area contributed by atoms with Gasteiger partial charge < -0.3 is 9.30 Å². The molecule has 0 atom stereocenters. The quantitative estimate of drug-likeness (QED) is 0.489. The predicted octanol–water partition coefficient (Wildman–Crippen LogP) is 4.73. The topological polar surface area (TPSA) is 72.7 Å². The van der Waals surface area contributed by atoms with Crippen LogP contribution in [0.1, 0.15) is 19.8 Å². The minimum Gasteiger partial charge on any atom is -0.497 e. The molecule has 0 bridgehead atoms. The van der Waals surface area contributed by atoms with Gasteiger partial charge in [-0.3, -0.25) is 0 Å². The molecule has 2 aromatic carbocycles. The summed E-state index contributed by atoms with van der Waals surface area (Å²) < 4.78 is 35.0. The SMILES string of the molecule is CCCCNS(=O)(=O)c1cc(-c2csc(=Nc3ccc(OC)cc3)n2C)ccc1Cl. The minimum absolute atomic E-state index is 0.0811. The first-order valence-corrected chi connectivity index (χ1v) is 12.2. The molecule has 0 amide bonds. The molecule has 3 rings (SSSR count). The molecule has 0 unspecified atom stereocenters. The van der Waals surface area contributed by atoms with Crippen LogP contribution in [-0.2, 0) is 17.1 Å². The fourth-order valence-electron chi connectivity index (χ4n) is 2.83. The lowest BCUT2D eigenvalue weighted by atomic mass is 10.2. The highest BCUT2D eigenvalue weighted by Gasteiger charge is 2.19. The fourth-order valence-corrected chi connectivity index (χ4v) is 5.35. The van der Waals surface area contributed by atoms with Crippen LogP contribution >= 0.6 is 22.9 Å². The Balaban J connectivity index is 1.96. The number of hydrogen-bond donors (Lipinski definition) is 1. The molecular formula is C21H24ClN3O3S2. The summed E-state index contributed by atoms with van der Waals surface area (Å²) in [6, 6.07) is 12.5. The van der Waals surface area contributed by atoms with Crippen LogP contribution in [0.3, 0.4) is 0 Å². The summed E-state index contributed by atoms with van der Waals surface area (Å²) in [6.07, 6.45) is 1.67. The van der Waals surface area contributed by atoms with Crippen molar-refractivity contribution in [2.75, 3.05) is 13.7 Å². The van der Waals surface area contributed by atoms with Crippen molar-refractivity contribution in [3.8, 4) is 17.0 Å². The molecule has 160 valence electrons. The van der Waals surface area contributed by atoms with E-state index in [2.05, 4.69) is 9.71 Å². The number of nitrogens with zero attached hydrogens (tertiary/aromatic N) is 2. The molecule has 0 aliphatic heterocycles. The molecule has 1 N–H and O–H groups in total. The maximum Gasteiger partial charge on any atom is 0.242 e. The van der Waals surface area contributed by atoms with Gasteiger partial charge in [-0.1, -0.05) is 31.0 Å². The summed E-state index contributed by atoms with van der Waals surface area (Å²) >= 11 is 7.68. The maximum absolute atomic E-state index is 12.7. The molecule has 0 saturated heterocycles. The van der Waals surface area contributed by atoms with Crippen LogP contribution in [0.2, 0.25) is 5.02 Å². The first-order chi connectivity index (χ1) is 14.4. The Morgan fingerprint density at radius 2 is 1.93 bits per heavy atom. The molecule has 0 spiro atoms. The van der Waals surface area contributed by atoms with Crippen LogP contribution in [0, 0.1) is 0 Å². The highest BCUT2D eigenvalue weighted by molar-refractivity contribution is 7.89. The minimum atomic E-state index is -3.68. The van der Waals surface area contributed by atoms with E-state index in [1.807, 2.05) is 54.3 Å². The number of halogens is 1. The molecule has 0 radical (unpaired) electrons. The van der Waals surface area contributed by atoms with Gasteiger partial charge in [0, 0.05) is 24.5 Å². The summed E-state index contributed by atoms with van der Waals surface area (Å²) in [7, 11) is -0.156. The summed E-state index contributed by atoms with van der Waals surface area (Å²) in [5.41, 5.74) is 2.42. The monoisotopic (exact) mass is 465 g/mol. The number of unbranched alkanes of at least 4 members (excludes halogenated alkanes) is 1. The lowest BCUT2D eigenvalue weighted by Crippen LogP contribution is -2.25.